The standard InChI is InChI=1S/C8H15NO2/c1-2-11-8(10)4-3-5-9-6-7-9/h2-7H2,1H3. The van der Waals surface area contributed by atoms with Crippen molar-refractivity contribution in [2.75, 3.05) is 26.2 Å². The summed E-state index contributed by atoms with van der Waals surface area (Å²) >= 11 is 0. The smallest absolute Gasteiger partial charge is 0.305 e. The molecule has 0 spiro atoms. The average Bonchev–Trinajstić information content (AvgIpc) is 2.72. The van der Waals surface area contributed by atoms with Gasteiger partial charge in [0.05, 0.1) is 6.61 Å². The van der Waals surface area contributed by atoms with Gasteiger partial charge in [0.15, 0.2) is 0 Å². The van der Waals surface area contributed by atoms with Crippen LogP contribution >= 0.6 is 0 Å². The van der Waals surface area contributed by atoms with Crippen LogP contribution in [-0.4, -0.2) is 37.1 Å². The molecule has 0 aromatic carbocycles. The second kappa shape index (κ2) is 4.34. The summed E-state index contributed by atoms with van der Waals surface area (Å²) in [5, 5.41) is 0. The molecule has 1 aliphatic rings. The zero-order chi connectivity index (χ0) is 8.10. The molecule has 0 radical (unpaired) electrons. The molecular weight excluding hydrogens is 142 g/mol. The van der Waals surface area contributed by atoms with Gasteiger partial charge in [-0.05, 0) is 19.9 Å². The maximum Gasteiger partial charge on any atom is 0.305 e. The second-order valence-electron chi connectivity index (χ2n) is 2.75. The monoisotopic (exact) mass is 157 g/mol. The van der Waals surface area contributed by atoms with Crippen LogP contribution in [0.4, 0.5) is 0 Å². The number of hydrogen-bond acceptors (Lipinski definition) is 3. The zero-order valence-corrected chi connectivity index (χ0v) is 7.01. The van der Waals surface area contributed by atoms with Crippen molar-refractivity contribution < 1.29 is 9.53 Å². The summed E-state index contributed by atoms with van der Waals surface area (Å²) in [6.07, 6.45) is 1.52. The van der Waals surface area contributed by atoms with Crippen molar-refractivity contribution in [2.24, 2.45) is 0 Å². The molecule has 1 fully saturated rings. The zero-order valence-electron chi connectivity index (χ0n) is 7.01. The highest BCUT2D eigenvalue weighted by Gasteiger charge is 2.16. The van der Waals surface area contributed by atoms with Gasteiger partial charge in [-0.3, -0.25) is 4.79 Å². The molecule has 3 heteroatoms. The lowest BCUT2D eigenvalue weighted by Gasteiger charge is -2.01. The van der Waals surface area contributed by atoms with Crippen LogP contribution < -0.4 is 0 Å². The van der Waals surface area contributed by atoms with Crippen LogP contribution in [0, 0.1) is 0 Å². The van der Waals surface area contributed by atoms with E-state index in [2.05, 4.69) is 4.90 Å². The highest BCUT2D eigenvalue weighted by atomic mass is 16.5. The van der Waals surface area contributed by atoms with Gasteiger partial charge < -0.3 is 9.64 Å². The van der Waals surface area contributed by atoms with E-state index in [0.29, 0.717) is 13.0 Å². The SMILES string of the molecule is CCOC(=O)CCCN1CC1. The predicted octanol–water partition coefficient (Wildman–Crippen LogP) is 0.645. The number of rotatable bonds is 5. The Morgan fingerprint density at radius 1 is 1.55 bits per heavy atom. The maximum atomic E-state index is 10.8. The molecule has 1 aliphatic heterocycles. The Hall–Kier alpha value is -0.570. The Kier molecular flexibility index (Phi) is 3.36. The molecule has 64 valence electrons. The Labute approximate surface area is 67.3 Å². The fraction of sp³-hybridized carbons (Fsp3) is 0.875. The summed E-state index contributed by atoms with van der Waals surface area (Å²) in [7, 11) is 0. The van der Waals surface area contributed by atoms with Crippen LogP contribution in [0.25, 0.3) is 0 Å². The van der Waals surface area contributed by atoms with E-state index in [1.165, 1.54) is 13.1 Å². The van der Waals surface area contributed by atoms with Crippen LogP contribution in [0.3, 0.4) is 0 Å². The van der Waals surface area contributed by atoms with E-state index < -0.39 is 0 Å². The first-order chi connectivity index (χ1) is 5.33. The van der Waals surface area contributed by atoms with Crippen molar-refractivity contribution in [3.63, 3.8) is 0 Å². The van der Waals surface area contributed by atoms with E-state index in [-0.39, 0.29) is 5.97 Å². The third kappa shape index (κ3) is 3.98. The number of nitrogens with zero attached hydrogens (tertiary/aromatic N) is 1. The molecule has 0 aromatic heterocycles. The van der Waals surface area contributed by atoms with E-state index in [1.807, 2.05) is 6.92 Å². The highest BCUT2D eigenvalue weighted by Crippen LogP contribution is 2.05. The van der Waals surface area contributed by atoms with E-state index in [9.17, 15) is 4.79 Å². The molecule has 0 bridgehead atoms. The molecule has 0 saturated carbocycles. The van der Waals surface area contributed by atoms with Crippen LogP contribution in [0.1, 0.15) is 19.8 Å². The number of carbonyl (C=O) groups excluding carboxylic acids is 1. The van der Waals surface area contributed by atoms with Crippen molar-refractivity contribution in [3.05, 3.63) is 0 Å². The van der Waals surface area contributed by atoms with Crippen LogP contribution in [0.5, 0.6) is 0 Å². The summed E-state index contributed by atoms with van der Waals surface area (Å²) in [5.41, 5.74) is 0. The summed E-state index contributed by atoms with van der Waals surface area (Å²) < 4.78 is 4.79. The molecule has 11 heavy (non-hydrogen) atoms. The van der Waals surface area contributed by atoms with Gasteiger partial charge in [-0.25, -0.2) is 0 Å². The lowest BCUT2D eigenvalue weighted by molar-refractivity contribution is -0.143. The minimum Gasteiger partial charge on any atom is -0.466 e. The van der Waals surface area contributed by atoms with Gasteiger partial charge >= 0.3 is 5.97 Å². The normalized spacial score (nSPS) is 16.5. The first-order valence-corrected chi connectivity index (χ1v) is 4.21. The van der Waals surface area contributed by atoms with Crippen molar-refractivity contribution >= 4 is 5.97 Å². The molecule has 0 amide bonds. The Balaban J connectivity index is 1.88. The molecule has 3 nitrogen and oxygen atoms in total. The number of ether oxygens (including phenoxy) is 1. The highest BCUT2D eigenvalue weighted by molar-refractivity contribution is 5.69. The second-order valence-corrected chi connectivity index (χ2v) is 2.75. The van der Waals surface area contributed by atoms with Crippen molar-refractivity contribution in [1.29, 1.82) is 0 Å². The third-order valence-electron chi connectivity index (χ3n) is 1.70. The molecule has 1 rings (SSSR count). The van der Waals surface area contributed by atoms with E-state index >= 15 is 0 Å². The first kappa shape index (κ1) is 8.53. The summed E-state index contributed by atoms with van der Waals surface area (Å²) in [6, 6.07) is 0. The number of esters is 1. The van der Waals surface area contributed by atoms with Crippen LogP contribution in [0.2, 0.25) is 0 Å². The van der Waals surface area contributed by atoms with Crippen LogP contribution in [-0.2, 0) is 9.53 Å². The molecule has 1 heterocycles. The van der Waals surface area contributed by atoms with Crippen LogP contribution in [0.15, 0.2) is 0 Å². The fourth-order valence-electron chi connectivity index (χ4n) is 0.974. The van der Waals surface area contributed by atoms with Gasteiger partial charge in [0.1, 0.15) is 0 Å². The topological polar surface area (TPSA) is 29.3 Å². The fourth-order valence-corrected chi connectivity index (χ4v) is 0.974. The minimum absolute atomic E-state index is 0.0608. The number of hydrogen-bond donors (Lipinski definition) is 0. The Morgan fingerprint density at radius 2 is 2.27 bits per heavy atom. The third-order valence-corrected chi connectivity index (χ3v) is 1.70. The first-order valence-electron chi connectivity index (χ1n) is 4.21. The molecule has 0 aliphatic carbocycles. The lowest BCUT2D eigenvalue weighted by Crippen LogP contribution is -2.07. The summed E-state index contributed by atoms with van der Waals surface area (Å²) in [6.45, 7) is 5.81. The molecular formula is C8H15NO2. The van der Waals surface area contributed by atoms with Crippen molar-refractivity contribution in [2.45, 2.75) is 19.8 Å². The van der Waals surface area contributed by atoms with Gasteiger partial charge in [-0.1, -0.05) is 0 Å². The summed E-state index contributed by atoms with van der Waals surface area (Å²) in [5.74, 6) is -0.0608. The van der Waals surface area contributed by atoms with Gasteiger partial charge in [0, 0.05) is 19.5 Å². The Bertz CT molecular complexity index is 132. The van der Waals surface area contributed by atoms with Gasteiger partial charge in [0.25, 0.3) is 0 Å². The van der Waals surface area contributed by atoms with Crippen molar-refractivity contribution in [3.8, 4) is 0 Å². The predicted molar refractivity (Wildman–Crippen MR) is 42.3 cm³/mol. The van der Waals surface area contributed by atoms with E-state index in [4.69, 9.17) is 4.74 Å². The van der Waals surface area contributed by atoms with Gasteiger partial charge in [-0.2, -0.15) is 0 Å². The quantitative estimate of drug-likeness (QED) is 0.433. The van der Waals surface area contributed by atoms with E-state index in [0.717, 1.165) is 13.0 Å². The van der Waals surface area contributed by atoms with Gasteiger partial charge in [0.2, 0.25) is 0 Å². The molecule has 0 atom stereocenters. The Morgan fingerprint density at radius 3 is 2.82 bits per heavy atom. The number of carbonyl (C=O) groups is 1. The largest absolute Gasteiger partial charge is 0.466 e. The molecule has 1 saturated heterocycles. The summed E-state index contributed by atoms with van der Waals surface area (Å²) in [4.78, 5) is 13.1. The molecule has 0 N–H and O–H groups in total. The van der Waals surface area contributed by atoms with E-state index in [1.54, 1.807) is 0 Å². The van der Waals surface area contributed by atoms with Gasteiger partial charge in [-0.15, -0.1) is 0 Å². The molecule has 0 unspecified atom stereocenters. The lowest BCUT2D eigenvalue weighted by atomic mass is 10.3. The average molecular weight is 157 g/mol. The maximum absolute atomic E-state index is 10.8. The van der Waals surface area contributed by atoms with Crippen molar-refractivity contribution in [1.82, 2.24) is 4.90 Å². The minimum atomic E-state index is -0.0608. The molecule has 0 aromatic rings.